The molecule has 1 amide bonds. The second-order valence-electron chi connectivity index (χ2n) is 4.76. The van der Waals surface area contributed by atoms with E-state index in [1.807, 2.05) is 0 Å². The average Bonchev–Trinajstić information content (AvgIpc) is 2.40. The molecule has 0 aliphatic heterocycles. The predicted octanol–water partition coefficient (Wildman–Crippen LogP) is 3.55. The van der Waals surface area contributed by atoms with Crippen molar-refractivity contribution in [3.05, 3.63) is 35.6 Å². The third-order valence-electron chi connectivity index (χ3n) is 3.34. The van der Waals surface area contributed by atoms with Gasteiger partial charge in [-0.25, -0.2) is 4.39 Å². The topological polar surface area (TPSA) is 29.1 Å². The molecule has 0 aromatic heterocycles. The number of carbonyl (C=O) groups is 1. The van der Waals surface area contributed by atoms with E-state index in [4.69, 9.17) is 11.6 Å². The monoisotopic (exact) mass is 269 g/mol. The fraction of sp³-hybridized carbons (Fsp3) is 0.500. The number of rotatable bonds is 3. The van der Waals surface area contributed by atoms with Crippen LogP contribution in [-0.4, -0.2) is 11.9 Å². The molecular formula is C14H17ClFNO. The van der Waals surface area contributed by atoms with Gasteiger partial charge < -0.3 is 5.32 Å². The highest BCUT2D eigenvalue weighted by molar-refractivity contribution is 6.30. The molecule has 1 aliphatic rings. The summed E-state index contributed by atoms with van der Waals surface area (Å²) in [6, 6.07) is 5.98. The lowest BCUT2D eigenvalue weighted by Crippen LogP contribution is -2.38. The van der Waals surface area contributed by atoms with Crippen LogP contribution in [0, 0.1) is 5.82 Å². The quantitative estimate of drug-likeness (QED) is 0.836. The third-order valence-corrected chi connectivity index (χ3v) is 3.79. The second-order valence-corrected chi connectivity index (χ2v) is 5.19. The number of carbonyl (C=O) groups excluding carboxylic acids is 1. The summed E-state index contributed by atoms with van der Waals surface area (Å²) in [6.45, 7) is 0. The minimum atomic E-state index is -0.743. The molecule has 1 aromatic carbocycles. The van der Waals surface area contributed by atoms with Crippen molar-refractivity contribution in [2.45, 2.75) is 43.5 Å². The van der Waals surface area contributed by atoms with Crippen molar-refractivity contribution in [1.82, 2.24) is 5.32 Å². The SMILES string of the molecule is O=C(NC1CCCCC1)C(Cl)c1ccc(F)cc1. The first-order valence-corrected chi connectivity index (χ1v) is 6.80. The number of hydrogen-bond donors (Lipinski definition) is 1. The van der Waals surface area contributed by atoms with E-state index >= 15 is 0 Å². The van der Waals surface area contributed by atoms with Crippen LogP contribution in [-0.2, 0) is 4.79 Å². The molecule has 1 unspecified atom stereocenters. The minimum Gasteiger partial charge on any atom is -0.352 e. The van der Waals surface area contributed by atoms with Crippen LogP contribution in [0.3, 0.4) is 0 Å². The molecule has 0 spiro atoms. The zero-order valence-electron chi connectivity index (χ0n) is 10.2. The zero-order valence-corrected chi connectivity index (χ0v) is 10.9. The van der Waals surface area contributed by atoms with Gasteiger partial charge in [0.2, 0.25) is 5.91 Å². The number of hydrogen-bond acceptors (Lipinski definition) is 1. The fourth-order valence-corrected chi connectivity index (χ4v) is 2.51. The van der Waals surface area contributed by atoms with Crippen LogP contribution in [0.15, 0.2) is 24.3 Å². The molecule has 1 N–H and O–H groups in total. The summed E-state index contributed by atoms with van der Waals surface area (Å²) in [7, 11) is 0. The van der Waals surface area contributed by atoms with E-state index in [9.17, 15) is 9.18 Å². The van der Waals surface area contributed by atoms with Crippen LogP contribution in [0.2, 0.25) is 0 Å². The molecule has 2 nitrogen and oxygen atoms in total. The summed E-state index contributed by atoms with van der Waals surface area (Å²) in [5.74, 6) is -0.509. The molecule has 1 aliphatic carbocycles. The minimum absolute atomic E-state index is 0.185. The molecule has 1 fully saturated rings. The number of halogens is 2. The van der Waals surface area contributed by atoms with Crippen LogP contribution in [0.25, 0.3) is 0 Å². The van der Waals surface area contributed by atoms with Gasteiger partial charge in [0.25, 0.3) is 0 Å². The largest absolute Gasteiger partial charge is 0.352 e. The second kappa shape index (κ2) is 6.19. The lowest BCUT2D eigenvalue weighted by Gasteiger charge is -2.24. The molecule has 2 rings (SSSR count). The van der Waals surface area contributed by atoms with E-state index < -0.39 is 5.38 Å². The van der Waals surface area contributed by atoms with E-state index in [1.165, 1.54) is 18.6 Å². The van der Waals surface area contributed by atoms with Crippen molar-refractivity contribution in [1.29, 1.82) is 0 Å². The Morgan fingerprint density at radius 1 is 1.22 bits per heavy atom. The highest BCUT2D eigenvalue weighted by atomic mass is 35.5. The Labute approximate surface area is 112 Å². The smallest absolute Gasteiger partial charge is 0.242 e. The first-order chi connectivity index (χ1) is 8.66. The Morgan fingerprint density at radius 2 is 1.83 bits per heavy atom. The lowest BCUT2D eigenvalue weighted by atomic mass is 9.95. The summed E-state index contributed by atoms with van der Waals surface area (Å²) in [4.78, 5) is 12.0. The van der Waals surface area contributed by atoms with Gasteiger partial charge in [-0.2, -0.15) is 0 Å². The molecule has 18 heavy (non-hydrogen) atoms. The normalized spacial score (nSPS) is 18.3. The van der Waals surface area contributed by atoms with Crippen LogP contribution >= 0.6 is 11.6 Å². The van der Waals surface area contributed by atoms with Crippen LogP contribution in [0.1, 0.15) is 43.0 Å². The van der Waals surface area contributed by atoms with E-state index in [0.29, 0.717) is 5.56 Å². The van der Waals surface area contributed by atoms with Crippen LogP contribution in [0.5, 0.6) is 0 Å². The molecule has 0 saturated heterocycles. The first kappa shape index (κ1) is 13.3. The molecule has 1 aromatic rings. The van der Waals surface area contributed by atoms with Gasteiger partial charge in [0.1, 0.15) is 11.2 Å². The molecule has 1 saturated carbocycles. The maximum Gasteiger partial charge on any atom is 0.242 e. The van der Waals surface area contributed by atoms with Crippen molar-refractivity contribution < 1.29 is 9.18 Å². The molecule has 1 atom stereocenters. The highest BCUT2D eigenvalue weighted by Crippen LogP contribution is 2.23. The van der Waals surface area contributed by atoms with Gasteiger partial charge >= 0.3 is 0 Å². The lowest BCUT2D eigenvalue weighted by molar-refractivity contribution is -0.121. The Morgan fingerprint density at radius 3 is 2.44 bits per heavy atom. The van der Waals surface area contributed by atoms with Gasteiger partial charge in [0.15, 0.2) is 0 Å². The Bertz CT molecular complexity index is 401. The summed E-state index contributed by atoms with van der Waals surface area (Å²) in [5.41, 5.74) is 0.631. The zero-order chi connectivity index (χ0) is 13.0. The van der Waals surface area contributed by atoms with Gasteiger partial charge in [0, 0.05) is 6.04 Å². The van der Waals surface area contributed by atoms with E-state index in [1.54, 1.807) is 12.1 Å². The van der Waals surface area contributed by atoms with Gasteiger partial charge in [-0.3, -0.25) is 4.79 Å². The van der Waals surface area contributed by atoms with Crippen molar-refractivity contribution in [3.8, 4) is 0 Å². The van der Waals surface area contributed by atoms with Gasteiger partial charge in [-0.05, 0) is 30.5 Å². The van der Waals surface area contributed by atoms with Crippen molar-refractivity contribution in [2.75, 3.05) is 0 Å². The maximum atomic E-state index is 12.8. The van der Waals surface area contributed by atoms with Crippen molar-refractivity contribution >= 4 is 17.5 Å². The predicted molar refractivity (Wildman–Crippen MR) is 70.0 cm³/mol. The number of alkyl halides is 1. The Kier molecular flexibility index (Phi) is 4.59. The Hall–Kier alpha value is -1.09. The fourth-order valence-electron chi connectivity index (χ4n) is 2.30. The van der Waals surface area contributed by atoms with E-state index in [2.05, 4.69) is 5.32 Å². The summed E-state index contributed by atoms with van der Waals surface area (Å²) < 4.78 is 12.8. The highest BCUT2D eigenvalue weighted by Gasteiger charge is 2.22. The van der Waals surface area contributed by atoms with Crippen LogP contribution in [0.4, 0.5) is 4.39 Å². The van der Waals surface area contributed by atoms with E-state index in [-0.39, 0.29) is 17.8 Å². The molecular weight excluding hydrogens is 253 g/mol. The molecule has 0 radical (unpaired) electrons. The third kappa shape index (κ3) is 3.45. The van der Waals surface area contributed by atoms with Crippen molar-refractivity contribution in [2.24, 2.45) is 0 Å². The summed E-state index contributed by atoms with van der Waals surface area (Å²) >= 11 is 6.09. The number of benzene rings is 1. The standard InChI is InChI=1S/C14H17ClFNO/c15-13(10-6-8-11(16)9-7-10)14(18)17-12-4-2-1-3-5-12/h6-9,12-13H,1-5H2,(H,17,18). The number of nitrogens with one attached hydrogen (secondary N) is 1. The van der Waals surface area contributed by atoms with Gasteiger partial charge in [-0.15, -0.1) is 11.6 Å². The van der Waals surface area contributed by atoms with E-state index in [0.717, 1.165) is 25.7 Å². The number of amides is 1. The van der Waals surface area contributed by atoms with Crippen LogP contribution < -0.4 is 5.32 Å². The molecule has 4 heteroatoms. The Balaban J connectivity index is 1.93. The van der Waals surface area contributed by atoms with Crippen molar-refractivity contribution in [3.63, 3.8) is 0 Å². The van der Waals surface area contributed by atoms with Gasteiger partial charge in [-0.1, -0.05) is 31.4 Å². The summed E-state index contributed by atoms with van der Waals surface area (Å²) in [5, 5.41) is 2.22. The average molecular weight is 270 g/mol. The van der Waals surface area contributed by atoms with Gasteiger partial charge in [0.05, 0.1) is 0 Å². The molecule has 0 bridgehead atoms. The maximum absolute atomic E-state index is 12.8. The molecule has 0 heterocycles. The molecule has 98 valence electrons. The first-order valence-electron chi connectivity index (χ1n) is 6.37. The summed E-state index contributed by atoms with van der Waals surface area (Å²) in [6.07, 6.45) is 5.62.